The smallest absolute Gasteiger partial charge is 0.276 e. The molecule has 2 rings (SSSR count). The molecule has 0 atom stereocenters. The first-order valence-corrected chi connectivity index (χ1v) is 9.64. The van der Waals surface area contributed by atoms with E-state index in [0.717, 1.165) is 10.0 Å². The van der Waals surface area contributed by atoms with Gasteiger partial charge >= 0.3 is 0 Å². The van der Waals surface area contributed by atoms with Crippen molar-refractivity contribution in [1.82, 2.24) is 16.2 Å². The van der Waals surface area contributed by atoms with Gasteiger partial charge in [0.15, 0.2) is 11.7 Å². The molecule has 0 unspecified atom stereocenters. The largest absolute Gasteiger partial charge is 0.483 e. The predicted octanol–water partition coefficient (Wildman–Crippen LogP) is 3.33. The molecule has 27 heavy (non-hydrogen) atoms. The standard InChI is InChI=1S/C18H15Br2N3O3S/c19-13-7-8-15(14(20)10-13)26-11-17(25)22-23-18(27)21-16(24)9-6-12-4-2-1-3-5-12/h1-10H,11H2,(H,22,25)(H2,21,23,24,27). The van der Waals surface area contributed by atoms with Crippen LogP contribution in [-0.2, 0) is 9.59 Å². The highest BCUT2D eigenvalue weighted by Gasteiger charge is 2.07. The Labute approximate surface area is 178 Å². The number of ether oxygens (including phenoxy) is 1. The van der Waals surface area contributed by atoms with Gasteiger partial charge in [-0.2, -0.15) is 0 Å². The summed E-state index contributed by atoms with van der Waals surface area (Å²) < 4.78 is 6.99. The third kappa shape index (κ3) is 7.90. The minimum atomic E-state index is -0.457. The summed E-state index contributed by atoms with van der Waals surface area (Å²) in [6, 6.07) is 14.7. The van der Waals surface area contributed by atoms with Crippen LogP contribution in [0.1, 0.15) is 5.56 Å². The second-order valence-corrected chi connectivity index (χ2v) is 7.28. The fourth-order valence-electron chi connectivity index (χ4n) is 1.82. The van der Waals surface area contributed by atoms with Gasteiger partial charge < -0.3 is 4.74 Å². The Morgan fingerprint density at radius 1 is 1.07 bits per heavy atom. The first-order chi connectivity index (χ1) is 12.9. The van der Waals surface area contributed by atoms with Crippen molar-refractivity contribution in [2.75, 3.05) is 6.61 Å². The molecule has 0 spiro atoms. The Balaban J connectivity index is 1.70. The van der Waals surface area contributed by atoms with E-state index in [1.165, 1.54) is 6.08 Å². The number of hydrogen-bond acceptors (Lipinski definition) is 4. The van der Waals surface area contributed by atoms with Gasteiger partial charge in [-0.1, -0.05) is 46.3 Å². The number of rotatable bonds is 5. The lowest BCUT2D eigenvalue weighted by molar-refractivity contribution is -0.123. The Morgan fingerprint density at radius 2 is 1.81 bits per heavy atom. The lowest BCUT2D eigenvalue weighted by atomic mass is 10.2. The predicted molar refractivity (Wildman–Crippen MR) is 115 cm³/mol. The maximum absolute atomic E-state index is 11.8. The van der Waals surface area contributed by atoms with Crippen LogP contribution in [0, 0.1) is 0 Å². The maximum atomic E-state index is 11.8. The average molecular weight is 513 g/mol. The van der Waals surface area contributed by atoms with Crippen molar-refractivity contribution in [1.29, 1.82) is 0 Å². The minimum Gasteiger partial charge on any atom is -0.483 e. The van der Waals surface area contributed by atoms with Crippen LogP contribution >= 0.6 is 44.1 Å². The van der Waals surface area contributed by atoms with E-state index in [1.54, 1.807) is 24.3 Å². The maximum Gasteiger partial charge on any atom is 0.276 e. The number of carbonyl (C=O) groups excluding carboxylic acids is 2. The second kappa shape index (κ2) is 10.8. The molecule has 6 nitrogen and oxygen atoms in total. The van der Waals surface area contributed by atoms with Gasteiger partial charge in [-0.3, -0.25) is 25.8 Å². The molecule has 0 aromatic heterocycles. The number of hydrazine groups is 1. The fraction of sp³-hybridized carbons (Fsp3) is 0.0556. The van der Waals surface area contributed by atoms with Crippen molar-refractivity contribution >= 4 is 67.1 Å². The van der Waals surface area contributed by atoms with Gasteiger partial charge in [0.05, 0.1) is 4.47 Å². The Morgan fingerprint density at radius 3 is 2.52 bits per heavy atom. The van der Waals surface area contributed by atoms with Crippen LogP contribution in [0.25, 0.3) is 6.08 Å². The van der Waals surface area contributed by atoms with E-state index in [9.17, 15) is 9.59 Å². The van der Waals surface area contributed by atoms with Gasteiger partial charge in [-0.15, -0.1) is 0 Å². The van der Waals surface area contributed by atoms with Crippen LogP contribution < -0.4 is 20.9 Å². The summed E-state index contributed by atoms with van der Waals surface area (Å²) in [7, 11) is 0. The first-order valence-electron chi connectivity index (χ1n) is 7.65. The molecule has 0 fully saturated rings. The highest BCUT2D eigenvalue weighted by molar-refractivity contribution is 9.11. The van der Waals surface area contributed by atoms with E-state index in [1.807, 2.05) is 30.3 Å². The lowest BCUT2D eigenvalue weighted by Gasteiger charge is -2.11. The van der Waals surface area contributed by atoms with Gasteiger partial charge in [0.1, 0.15) is 5.75 Å². The van der Waals surface area contributed by atoms with Crippen molar-refractivity contribution in [3.8, 4) is 5.75 Å². The van der Waals surface area contributed by atoms with E-state index in [-0.39, 0.29) is 11.7 Å². The number of halogens is 2. The Bertz CT molecular complexity index is 860. The highest BCUT2D eigenvalue weighted by Crippen LogP contribution is 2.27. The van der Waals surface area contributed by atoms with Crippen LogP contribution in [-0.4, -0.2) is 23.5 Å². The number of thiocarbonyl (C=S) groups is 1. The van der Waals surface area contributed by atoms with Gasteiger partial charge in [-0.25, -0.2) is 0 Å². The molecule has 2 aromatic rings. The number of carbonyl (C=O) groups is 2. The molecule has 0 radical (unpaired) electrons. The number of benzene rings is 2. The molecule has 0 aliphatic carbocycles. The lowest BCUT2D eigenvalue weighted by Crippen LogP contribution is -2.49. The number of nitrogens with one attached hydrogen (secondary N) is 3. The van der Waals surface area contributed by atoms with E-state index in [0.29, 0.717) is 10.2 Å². The molecule has 0 heterocycles. The van der Waals surface area contributed by atoms with Gasteiger partial charge in [-0.05, 0) is 58.0 Å². The molecule has 2 aromatic carbocycles. The molecule has 0 saturated heterocycles. The quantitative estimate of drug-likeness (QED) is 0.325. The molecule has 0 aliphatic rings. The summed E-state index contributed by atoms with van der Waals surface area (Å²) in [4.78, 5) is 23.6. The van der Waals surface area contributed by atoms with Crippen molar-refractivity contribution < 1.29 is 14.3 Å². The van der Waals surface area contributed by atoms with Crippen LogP contribution in [0.3, 0.4) is 0 Å². The molecule has 2 amide bonds. The van der Waals surface area contributed by atoms with Crippen LogP contribution in [0.2, 0.25) is 0 Å². The third-order valence-corrected chi connectivity index (χ3v) is 4.35. The minimum absolute atomic E-state index is 0.0316. The van der Waals surface area contributed by atoms with Crippen molar-refractivity contribution in [3.05, 3.63) is 69.1 Å². The summed E-state index contributed by atoms with van der Waals surface area (Å²) >= 11 is 11.6. The summed E-state index contributed by atoms with van der Waals surface area (Å²) in [5, 5.41) is 2.39. The zero-order valence-electron chi connectivity index (χ0n) is 13.9. The molecule has 3 N–H and O–H groups in total. The van der Waals surface area contributed by atoms with E-state index < -0.39 is 11.8 Å². The van der Waals surface area contributed by atoms with Gasteiger partial charge in [0.25, 0.3) is 5.91 Å². The van der Waals surface area contributed by atoms with E-state index in [2.05, 4.69) is 48.0 Å². The third-order valence-electron chi connectivity index (χ3n) is 3.03. The topological polar surface area (TPSA) is 79.5 Å². The fourth-order valence-corrected chi connectivity index (χ4v) is 3.13. The summed E-state index contributed by atoms with van der Waals surface area (Å²) in [6.45, 7) is -0.225. The first kappa shape index (κ1) is 21.1. The number of hydrogen-bond donors (Lipinski definition) is 3. The SMILES string of the molecule is O=C(C=Cc1ccccc1)NC(=S)NNC(=O)COc1ccc(Br)cc1Br. The monoisotopic (exact) mass is 511 g/mol. The zero-order chi connectivity index (χ0) is 19.6. The van der Waals surface area contributed by atoms with Gasteiger partial charge in [0.2, 0.25) is 5.91 Å². The molecule has 140 valence electrons. The van der Waals surface area contributed by atoms with Crippen molar-refractivity contribution in [2.45, 2.75) is 0 Å². The van der Waals surface area contributed by atoms with Crippen molar-refractivity contribution in [2.24, 2.45) is 0 Å². The molecule has 0 aliphatic heterocycles. The molecular formula is C18H15Br2N3O3S. The highest BCUT2D eigenvalue weighted by atomic mass is 79.9. The zero-order valence-corrected chi connectivity index (χ0v) is 17.9. The Kier molecular flexibility index (Phi) is 8.43. The average Bonchev–Trinajstić information content (AvgIpc) is 2.65. The molecular weight excluding hydrogens is 498 g/mol. The van der Waals surface area contributed by atoms with Crippen LogP contribution in [0.4, 0.5) is 0 Å². The molecule has 0 saturated carbocycles. The van der Waals surface area contributed by atoms with Gasteiger partial charge in [0, 0.05) is 10.5 Å². The van der Waals surface area contributed by atoms with E-state index >= 15 is 0 Å². The van der Waals surface area contributed by atoms with E-state index in [4.69, 9.17) is 17.0 Å². The number of amides is 2. The van der Waals surface area contributed by atoms with Crippen LogP contribution in [0.5, 0.6) is 5.75 Å². The summed E-state index contributed by atoms with van der Waals surface area (Å²) in [6.07, 6.45) is 3.00. The van der Waals surface area contributed by atoms with Crippen molar-refractivity contribution in [3.63, 3.8) is 0 Å². The molecule has 9 heteroatoms. The van der Waals surface area contributed by atoms with Crippen LogP contribution in [0.15, 0.2) is 63.6 Å². The molecule has 0 bridgehead atoms. The second-order valence-electron chi connectivity index (χ2n) is 5.10. The Hall–Kier alpha value is -2.23. The summed E-state index contributed by atoms with van der Waals surface area (Å²) in [5.74, 6) is -0.350. The summed E-state index contributed by atoms with van der Waals surface area (Å²) in [5.41, 5.74) is 5.67. The normalized spacial score (nSPS) is 10.3.